The molecule has 1 saturated heterocycles. The summed E-state index contributed by atoms with van der Waals surface area (Å²) in [5.74, 6) is 0.260. The fraction of sp³-hybridized carbons (Fsp3) is 0.120. The molecule has 0 aliphatic carbocycles. The Morgan fingerprint density at radius 2 is 1.68 bits per heavy atom. The summed E-state index contributed by atoms with van der Waals surface area (Å²) in [6.07, 6.45) is 1.53. The molecule has 1 fully saturated rings. The Morgan fingerprint density at radius 3 is 2.38 bits per heavy atom. The molecule has 3 aromatic carbocycles. The highest BCUT2D eigenvalue weighted by molar-refractivity contribution is 6.33. The molecular weight excluding hydrogens is 499 g/mol. The molecule has 0 aromatic heterocycles. The van der Waals surface area contributed by atoms with Gasteiger partial charge >= 0.3 is 6.03 Å². The van der Waals surface area contributed by atoms with Crippen molar-refractivity contribution in [3.8, 4) is 11.5 Å². The Bertz CT molecular complexity index is 1280. The molecule has 0 saturated carbocycles. The molecule has 34 heavy (non-hydrogen) atoms. The Morgan fingerprint density at radius 1 is 0.941 bits per heavy atom. The van der Waals surface area contributed by atoms with Gasteiger partial charge < -0.3 is 14.8 Å². The normalized spacial score (nSPS) is 14.5. The van der Waals surface area contributed by atoms with Crippen molar-refractivity contribution >= 4 is 58.5 Å². The highest BCUT2D eigenvalue weighted by Gasteiger charge is 2.34. The van der Waals surface area contributed by atoms with Gasteiger partial charge in [0, 0.05) is 15.6 Å². The van der Waals surface area contributed by atoms with Crippen LogP contribution in [-0.2, 0) is 11.4 Å². The van der Waals surface area contributed by atoms with E-state index < -0.39 is 11.9 Å². The van der Waals surface area contributed by atoms with E-state index in [-0.39, 0.29) is 17.3 Å². The molecule has 174 valence electrons. The van der Waals surface area contributed by atoms with Gasteiger partial charge in [-0.25, -0.2) is 9.69 Å². The van der Waals surface area contributed by atoms with Gasteiger partial charge in [-0.1, -0.05) is 53.0 Å². The second kappa shape index (κ2) is 10.4. The first-order valence-corrected chi connectivity index (χ1v) is 11.5. The Kier molecular flexibility index (Phi) is 7.32. The number of carbonyl (C=O) groups is 2. The highest BCUT2D eigenvalue weighted by atomic mass is 35.5. The average molecular weight is 518 g/mol. The van der Waals surface area contributed by atoms with E-state index in [1.165, 1.54) is 6.08 Å². The summed E-state index contributed by atoms with van der Waals surface area (Å²) in [5, 5.41) is 3.96. The fourth-order valence-corrected chi connectivity index (χ4v) is 3.96. The number of carbonyl (C=O) groups excluding carboxylic acids is 2. The van der Waals surface area contributed by atoms with Gasteiger partial charge in [0.1, 0.15) is 12.3 Å². The van der Waals surface area contributed by atoms with E-state index in [4.69, 9.17) is 44.3 Å². The SMILES string of the molecule is CCOc1cc(/C=C2/NC(=O)N(c3ccc(Cl)cc3)C2=O)cc(Cl)c1OCc1ccccc1Cl. The van der Waals surface area contributed by atoms with Crippen LogP contribution in [0.25, 0.3) is 6.08 Å². The van der Waals surface area contributed by atoms with Gasteiger partial charge in [-0.15, -0.1) is 0 Å². The lowest BCUT2D eigenvalue weighted by Gasteiger charge is -2.15. The number of nitrogens with zero attached hydrogens (tertiary/aromatic N) is 1. The molecule has 6 nitrogen and oxygen atoms in total. The van der Waals surface area contributed by atoms with Gasteiger partial charge in [0.2, 0.25) is 0 Å². The molecule has 0 atom stereocenters. The van der Waals surface area contributed by atoms with Crippen LogP contribution < -0.4 is 19.7 Å². The third kappa shape index (κ3) is 5.14. The van der Waals surface area contributed by atoms with Crippen LogP contribution in [-0.4, -0.2) is 18.5 Å². The molecule has 0 bridgehead atoms. The van der Waals surface area contributed by atoms with Gasteiger partial charge in [0.25, 0.3) is 5.91 Å². The maximum Gasteiger partial charge on any atom is 0.333 e. The predicted molar refractivity (Wildman–Crippen MR) is 134 cm³/mol. The van der Waals surface area contributed by atoms with Crippen LogP contribution >= 0.6 is 34.8 Å². The van der Waals surface area contributed by atoms with E-state index in [1.54, 1.807) is 42.5 Å². The van der Waals surface area contributed by atoms with Crippen molar-refractivity contribution in [2.75, 3.05) is 11.5 Å². The third-order valence-corrected chi connectivity index (χ3v) is 5.84. The predicted octanol–water partition coefficient (Wildman–Crippen LogP) is 6.72. The smallest absolute Gasteiger partial charge is 0.333 e. The number of rotatable bonds is 7. The fourth-order valence-electron chi connectivity index (χ4n) is 3.37. The summed E-state index contributed by atoms with van der Waals surface area (Å²) in [5.41, 5.74) is 1.87. The van der Waals surface area contributed by atoms with Crippen molar-refractivity contribution in [2.24, 2.45) is 0 Å². The summed E-state index contributed by atoms with van der Waals surface area (Å²) in [6.45, 7) is 2.41. The molecular formula is C25H19Cl3N2O4. The first kappa shape index (κ1) is 24.0. The summed E-state index contributed by atoms with van der Waals surface area (Å²) < 4.78 is 11.6. The van der Waals surface area contributed by atoms with E-state index in [1.807, 2.05) is 25.1 Å². The van der Waals surface area contributed by atoms with Crippen molar-refractivity contribution in [1.29, 1.82) is 0 Å². The molecule has 1 N–H and O–H groups in total. The molecule has 0 radical (unpaired) electrons. The number of halogens is 3. The molecule has 1 aliphatic rings. The van der Waals surface area contributed by atoms with Crippen LogP contribution in [0, 0.1) is 0 Å². The van der Waals surface area contributed by atoms with Crippen LogP contribution in [0.1, 0.15) is 18.1 Å². The number of hydrogen-bond donors (Lipinski definition) is 1. The Hall–Kier alpha value is -3.19. The molecule has 0 spiro atoms. The van der Waals surface area contributed by atoms with E-state index >= 15 is 0 Å². The average Bonchev–Trinajstić information content (AvgIpc) is 3.08. The van der Waals surface area contributed by atoms with Crippen molar-refractivity contribution in [1.82, 2.24) is 5.32 Å². The van der Waals surface area contributed by atoms with Crippen molar-refractivity contribution in [2.45, 2.75) is 13.5 Å². The molecule has 1 aliphatic heterocycles. The standard InChI is InChI=1S/C25H19Cl3N2O4/c1-2-33-22-13-15(11-20(28)23(22)34-14-16-5-3-4-6-19(16)27)12-21-24(31)30(25(32)29-21)18-9-7-17(26)8-10-18/h3-13H,2,14H2,1H3,(H,29,32)/b21-12+. The van der Waals surface area contributed by atoms with Crippen molar-refractivity contribution in [3.05, 3.63) is 92.6 Å². The minimum atomic E-state index is -0.561. The van der Waals surface area contributed by atoms with Crippen LogP contribution in [0.2, 0.25) is 15.1 Å². The third-order valence-electron chi connectivity index (χ3n) is 4.94. The molecule has 1 heterocycles. The number of ether oxygens (including phenoxy) is 2. The second-order valence-electron chi connectivity index (χ2n) is 7.25. The number of anilines is 1. The Balaban J connectivity index is 1.60. The number of imide groups is 1. The minimum Gasteiger partial charge on any atom is -0.490 e. The number of urea groups is 1. The number of benzene rings is 3. The van der Waals surface area contributed by atoms with Crippen LogP contribution in [0.4, 0.5) is 10.5 Å². The first-order valence-electron chi connectivity index (χ1n) is 10.3. The zero-order valence-electron chi connectivity index (χ0n) is 18.0. The van der Waals surface area contributed by atoms with Gasteiger partial charge in [-0.2, -0.15) is 0 Å². The lowest BCUT2D eigenvalue weighted by Crippen LogP contribution is -2.30. The van der Waals surface area contributed by atoms with Crippen LogP contribution in [0.3, 0.4) is 0 Å². The lowest BCUT2D eigenvalue weighted by atomic mass is 10.1. The summed E-state index contributed by atoms with van der Waals surface area (Å²) in [7, 11) is 0. The largest absolute Gasteiger partial charge is 0.490 e. The van der Waals surface area contributed by atoms with E-state index in [2.05, 4.69) is 5.32 Å². The van der Waals surface area contributed by atoms with Gasteiger partial charge in [0.05, 0.1) is 17.3 Å². The molecule has 9 heteroatoms. The molecule has 4 rings (SSSR count). The van der Waals surface area contributed by atoms with E-state index in [0.29, 0.717) is 39.4 Å². The van der Waals surface area contributed by atoms with Gasteiger partial charge in [-0.05, 0) is 61.0 Å². The molecule has 3 aromatic rings. The maximum atomic E-state index is 12.9. The van der Waals surface area contributed by atoms with Crippen LogP contribution in [0.5, 0.6) is 11.5 Å². The first-order chi connectivity index (χ1) is 16.4. The lowest BCUT2D eigenvalue weighted by molar-refractivity contribution is -0.113. The topological polar surface area (TPSA) is 67.9 Å². The van der Waals surface area contributed by atoms with Gasteiger partial charge in [0.15, 0.2) is 11.5 Å². The van der Waals surface area contributed by atoms with E-state index in [0.717, 1.165) is 10.5 Å². The number of nitrogens with one attached hydrogen (secondary N) is 1. The van der Waals surface area contributed by atoms with Gasteiger partial charge in [-0.3, -0.25) is 4.79 Å². The highest BCUT2D eigenvalue weighted by Crippen LogP contribution is 2.38. The van der Waals surface area contributed by atoms with Crippen molar-refractivity contribution in [3.63, 3.8) is 0 Å². The minimum absolute atomic E-state index is 0.100. The maximum absolute atomic E-state index is 12.9. The monoisotopic (exact) mass is 516 g/mol. The van der Waals surface area contributed by atoms with Crippen molar-refractivity contribution < 1.29 is 19.1 Å². The zero-order valence-corrected chi connectivity index (χ0v) is 20.2. The molecule has 0 unspecified atom stereocenters. The summed E-state index contributed by atoms with van der Waals surface area (Å²) >= 11 is 18.6. The summed E-state index contributed by atoms with van der Waals surface area (Å²) in [4.78, 5) is 26.4. The quantitative estimate of drug-likeness (QED) is 0.279. The second-order valence-corrected chi connectivity index (χ2v) is 8.50. The summed E-state index contributed by atoms with van der Waals surface area (Å²) in [6, 6.07) is 16.5. The number of hydrogen-bond acceptors (Lipinski definition) is 4. The Labute approximate surface area is 211 Å². The zero-order chi connectivity index (χ0) is 24.2. The number of amides is 3. The van der Waals surface area contributed by atoms with Crippen LogP contribution in [0.15, 0.2) is 66.4 Å². The molecule has 3 amide bonds. The van der Waals surface area contributed by atoms with E-state index in [9.17, 15) is 9.59 Å².